The summed E-state index contributed by atoms with van der Waals surface area (Å²) in [6.45, 7) is 0. The highest BCUT2D eigenvalue weighted by molar-refractivity contribution is 5.97. The second-order valence-electron chi connectivity index (χ2n) is 5.22. The molecule has 0 saturated carbocycles. The summed E-state index contributed by atoms with van der Waals surface area (Å²) in [7, 11) is 0. The van der Waals surface area contributed by atoms with E-state index in [0.717, 1.165) is 16.7 Å². The third kappa shape index (κ3) is 2.98. The topological polar surface area (TPSA) is 122 Å². The summed E-state index contributed by atoms with van der Waals surface area (Å²) in [5, 5.41) is 19.0. The van der Waals surface area contributed by atoms with E-state index in [1.54, 1.807) is 24.3 Å². The lowest BCUT2D eigenvalue weighted by Crippen LogP contribution is -2.12. The van der Waals surface area contributed by atoms with Crippen LogP contribution in [-0.2, 0) is 0 Å². The minimum absolute atomic E-state index is 0.0796. The van der Waals surface area contributed by atoms with E-state index in [9.17, 15) is 0 Å². The van der Waals surface area contributed by atoms with Crippen molar-refractivity contribution in [2.45, 2.75) is 0 Å². The number of nitrogens with zero attached hydrogens (tertiary/aromatic N) is 1. The largest absolute Gasteiger partial charge is 0.453 e. The van der Waals surface area contributed by atoms with E-state index in [0.29, 0.717) is 17.1 Å². The molecule has 0 saturated heterocycles. The zero-order valence-electron chi connectivity index (χ0n) is 12.7. The molecule has 3 aromatic rings. The van der Waals surface area contributed by atoms with Gasteiger partial charge in [-0.3, -0.25) is 5.41 Å². The number of amidine groups is 2. The number of rotatable bonds is 4. The highest BCUT2D eigenvalue weighted by Gasteiger charge is 2.07. The summed E-state index contributed by atoms with van der Waals surface area (Å²) in [5.41, 5.74) is 14.6. The maximum absolute atomic E-state index is 8.68. The Kier molecular flexibility index (Phi) is 4.03. The first-order chi connectivity index (χ1) is 11.6. The maximum atomic E-state index is 8.68. The molecular formula is C18H16N4O2. The maximum Gasteiger partial charge on any atom is 0.170 e. The fourth-order valence-electron chi connectivity index (χ4n) is 2.36. The van der Waals surface area contributed by atoms with E-state index in [1.165, 1.54) is 0 Å². The van der Waals surface area contributed by atoms with Crippen LogP contribution in [0.25, 0.3) is 22.5 Å². The van der Waals surface area contributed by atoms with Crippen molar-refractivity contribution in [2.75, 3.05) is 0 Å². The van der Waals surface area contributed by atoms with Crippen molar-refractivity contribution >= 4 is 11.7 Å². The van der Waals surface area contributed by atoms with E-state index in [2.05, 4.69) is 5.16 Å². The third-order valence-corrected chi connectivity index (χ3v) is 3.66. The van der Waals surface area contributed by atoms with Gasteiger partial charge < -0.3 is 21.1 Å². The van der Waals surface area contributed by atoms with Gasteiger partial charge in [0, 0.05) is 11.1 Å². The summed E-state index contributed by atoms with van der Waals surface area (Å²) in [6.07, 6.45) is 0. The van der Waals surface area contributed by atoms with Gasteiger partial charge in [-0.1, -0.05) is 53.7 Å². The van der Waals surface area contributed by atoms with Crippen molar-refractivity contribution in [3.63, 3.8) is 0 Å². The van der Waals surface area contributed by atoms with Crippen molar-refractivity contribution in [3.05, 3.63) is 72.0 Å². The van der Waals surface area contributed by atoms with Gasteiger partial charge in [0.1, 0.15) is 5.76 Å². The zero-order valence-corrected chi connectivity index (χ0v) is 12.7. The molecule has 1 heterocycles. The van der Waals surface area contributed by atoms with Crippen LogP contribution in [-0.4, -0.2) is 16.9 Å². The molecule has 0 bridgehead atoms. The van der Waals surface area contributed by atoms with Crippen LogP contribution in [0.15, 0.2) is 70.2 Å². The lowest BCUT2D eigenvalue weighted by Gasteiger charge is -2.05. The Morgan fingerprint density at radius 1 is 0.833 bits per heavy atom. The fraction of sp³-hybridized carbons (Fsp3) is 0. The van der Waals surface area contributed by atoms with E-state index in [-0.39, 0.29) is 11.7 Å². The molecule has 0 unspecified atom stereocenters. The Bertz CT molecular complexity index is 894. The predicted molar refractivity (Wildman–Crippen MR) is 93.1 cm³/mol. The summed E-state index contributed by atoms with van der Waals surface area (Å²) >= 11 is 0. The summed E-state index contributed by atoms with van der Waals surface area (Å²) in [6, 6.07) is 18.7. The summed E-state index contributed by atoms with van der Waals surface area (Å²) < 4.78 is 5.53. The molecule has 6 heteroatoms. The first-order valence-corrected chi connectivity index (χ1v) is 7.21. The van der Waals surface area contributed by atoms with Crippen molar-refractivity contribution in [2.24, 2.45) is 16.6 Å². The minimum Gasteiger partial charge on any atom is -0.453 e. The Morgan fingerprint density at radius 2 is 1.38 bits per heavy atom. The standard InChI is InChI=1S/C18H16N4O2/c19-17(20)16-10-9-15(24-16)13-5-1-11(2-6-13)12-3-7-14(8-4-12)18(21)22-23/h1-10,23H,(H3,19,20)(H2,21,22). The van der Waals surface area contributed by atoms with E-state index < -0.39 is 0 Å². The average molecular weight is 320 g/mol. The number of nitrogen functional groups attached to an aromatic ring is 1. The molecule has 6 nitrogen and oxygen atoms in total. The fourth-order valence-corrected chi connectivity index (χ4v) is 2.36. The van der Waals surface area contributed by atoms with Crippen LogP contribution < -0.4 is 11.5 Å². The van der Waals surface area contributed by atoms with Crippen LogP contribution in [0.1, 0.15) is 11.3 Å². The molecule has 0 atom stereocenters. The van der Waals surface area contributed by atoms with Gasteiger partial charge in [-0.15, -0.1) is 0 Å². The molecule has 0 aliphatic rings. The van der Waals surface area contributed by atoms with Crippen molar-refractivity contribution < 1.29 is 9.62 Å². The van der Waals surface area contributed by atoms with E-state index >= 15 is 0 Å². The van der Waals surface area contributed by atoms with Gasteiger partial charge >= 0.3 is 0 Å². The molecule has 24 heavy (non-hydrogen) atoms. The van der Waals surface area contributed by atoms with Crippen LogP contribution in [0.4, 0.5) is 0 Å². The van der Waals surface area contributed by atoms with E-state index in [1.807, 2.05) is 36.4 Å². The Balaban J connectivity index is 1.84. The minimum atomic E-state index is -0.0938. The summed E-state index contributed by atoms with van der Waals surface area (Å²) in [5.74, 6) is 1.00. The highest BCUT2D eigenvalue weighted by atomic mass is 16.4. The van der Waals surface area contributed by atoms with Crippen molar-refractivity contribution in [1.29, 1.82) is 5.41 Å². The van der Waals surface area contributed by atoms with Gasteiger partial charge in [0.15, 0.2) is 17.4 Å². The van der Waals surface area contributed by atoms with Gasteiger partial charge in [0.05, 0.1) is 0 Å². The monoisotopic (exact) mass is 320 g/mol. The molecule has 0 amide bonds. The number of hydrogen-bond acceptors (Lipinski definition) is 4. The molecule has 0 aliphatic carbocycles. The number of benzene rings is 2. The Morgan fingerprint density at radius 3 is 1.88 bits per heavy atom. The Labute approximate surface area is 138 Å². The SMILES string of the molecule is N=C(N)c1ccc(-c2ccc(-c3ccc(/C(N)=N/O)cc3)cc2)o1. The highest BCUT2D eigenvalue weighted by Crippen LogP contribution is 2.26. The van der Waals surface area contributed by atoms with Crippen LogP contribution in [0.5, 0.6) is 0 Å². The number of nitrogens with one attached hydrogen (secondary N) is 1. The summed E-state index contributed by atoms with van der Waals surface area (Å²) in [4.78, 5) is 0. The van der Waals surface area contributed by atoms with Gasteiger partial charge in [-0.05, 0) is 23.3 Å². The molecule has 1 aromatic heterocycles. The van der Waals surface area contributed by atoms with E-state index in [4.69, 9.17) is 26.5 Å². The molecule has 3 rings (SSSR count). The Hall–Kier alpha value is -3.54. The first-order valence-electron chi connectivity index (χ1n) is 7.21. The van der Waals surface area contributed by atoms with Crippen LogP contribution in [0.3, 0.4) is 0 Å². The molecule has 2 aromatic carbocycles. The molecule has 0 spiro atoms. The lowest BCUT2D eigenvalue weighted by molar-refractivity contribution is 0.318. The molecule has 0 fully saturated rings. The van der Waals surface area contributed by atoms with Crippen molar-refractivity contribution in [3.8, 4) is 22.5 Å². The zero-order chi connectivity index (χ0) is 17.1. The molecule has 0 radical (unpaired) electrons. The van der Waals surface area contributed by atoms with Crippen LogP contribution in [0, 0.1) is 5.41 Å². The van der Waals surface area contributed by atoms with Crippen LogP contribution >= 0.6 is 0 Å². The average Bonchev–Trinajstić information content (AvgIpc) is 3.12. The van der Waals surface area contributed by atoms with Crippen molar-refractivity contribution in [1.82, 2.24) is 0 Å². The van der Waals surface area contributed by atoms with Gasteiger partial charge in [0.25, 0.3) is 0 Å². The molecule has 0 aliphatic heterocycles. The number of nitrogens with two attached hydrogens (primary N) is 2. The first kappa shape index (κ1) is 15.4. The normalized spacial score (nSPS) is 11.4. The molecule has 120 valence electrons. The third-order valence-electron chi connectivity index (χ3n) is 3.66. The van der Waals surface area contributed by atoms with Gasteiger partial charge in [-0.25, -0.2) is 0 Å². The quantitative estimate of drug-likeness (QED) is 0.255. The molecule has 6 N–H and O–H groups in total. The predicted octanol–water partition coefficient (Wildman–Crippen LogP) is 2.99. The number of hydrogen-bond donors (Lipinski definition) is 4. The lowest BCUT2D eigenvalue weighted by atomic mass is 10.0. The molecular weight excluding hydrogens is 304 g/mol. The second-order valence-corrected chi connectivity index (χ2v) is 5.22. The van der Waals surface area contributed by atoms with Gasteiger partial charge in [0.2, 0.25) is 0 Å². The number of furan rings is 1. The number of oxime groups is 1. The smallest absolute Gasteiger partial charge is 0.170 e. The second kappa shape index (κ2) is 6.29. The van der Waals surface area contributed by atoms with Crippen LogP contribution in [0.2, 0.25) is 0 Å². The van der Waals surface area contributed by atoms with Gasteiger partial charge in [-0.2, -0.15) is 0 Å².